The van der Waals surface area contributed by atoms with Gasteiger partial charge in [-0.1, -0.05) is 0 Å². The van der Waals surface area contributed by atoms with Gasteiger partial charge in [-0.05, 0) is 24.8 Å². The van der Waals surface area contributed by atoms with Crippen molar-refractivity contribution in [3.05, 3.63) is 17.8 Å². The zero-order valence-electron chi connectivity index (χ0n) is 11.6. The summed E-state index contributed by atoms with van der Waals surface area (Å²) >= 11 is 0. The second-order valence-corrected chi connectivity index (χ2v) is 6.48. The van der Waals surface area contributed by atoms with Gasteiger partial charge in [0, 0.05) is 13.1 Å². The van der Waals surface area contributed by atoms with Gasteiger partial charge in [-0.25, -0.2) is 4.98 Å². The molecule has 0 aliphatic heterocycles. The van der Waals surface area contributed by atoms with E-state index in [-0.39, 0.29) is 18.0 Å². The Bertz CT molecular complexity index is 653. The van der Waals surface area contributed by atoms with Gasteiger partial charge >= 0.3 is 10.2 Å². The number of hydrogen-bond donors (Lipinski definition) is 0. The first-order valence-electron chi connectivity index (χ1n) is 6.54. The van der Waals surface area contributed by atoms with Gasteiger partial charge in [0.15, 0.2) is 0 Å². The molecule has 0 radical (unpaired) electrons. The molecule has 0 N–H and O–H groups in total. The molecular formula is C13H16FN3O3S. The zero-order valence-corrected chi connectivity index (χ0v) is 12.4. The number of ether oxygens (including phenoxy) is 1. The maximum atomic E-state index is 12.7. The van der Waals surface area contributed by atoms with Gasteiger partial charge in [0.25, 0.3) is 0 Å². The molecule has 0 saturated heterocycles. The van der Waals surface area contributed by atoms with E-state index in [9.17, 15) is 12.3 Å². The number of nitriles is 1. The lowest BCUT2D eigenvalue weighted by atomic mass is 10.2. The molecule has 0 aromatic carbocycles. The number of nitrogens with zero attached hydrogens (tertiary/aromatic N) is 3. The number of aromatic nitrogens is 1. The number of hydrogen-bond acceptors (Lipinski definition) is 6. The maximum absolute atomic E-state index is 12.7. The van der Waals surface area contributed by atoms with Crippen LogP contribution in [-0.4, -0.2) is 39.4 Å². The van der Waals surface area contributed by atoms with Crippen LogP contribution >= 0.6 is 0 Å². The molecule has 1 aliphatic carbocycles. The van der Waals surface area contributed by atoms with Gasteiger partial charge in [-0.2, -0.15) is 13.7 Å². The molecule has 1 aromatic rings. The molecule has 0 bridgehead atoms. The average Bonchev–Trinajstić information content (AvgIpc) is 3.25. The molecule has 0 amide bonds. The van der Waals surface area contributed by atoms with Crippen molar-refractivity contribution in [2.24, 2.45) is 5.92 Å². The molecule has 114 valence electrons. The summed E-state index contributed by atoms with van der Waals surface area (Å²) in [7, 11) is -3.11. The van der Waals surface area contributed by atoms with Gasteiger partial charge in [0.2, 0.25) is 5.88 Å². The van der Waals surface area contributed by atoms with Crippen LogP contribution < -0.4 is 9.64 Å². The Labute approximate surface area is 123 Å². The summed E-state index contributed by atoms with van der Waals surface area (Å²) in [5.41, 5.74) is 0.863. The molecule has 1 saturated carbocycles. The molecule has 8 heteroatoms. The van der Waals surface area contributed by atoms with Crippen LogP contribution in [0.5, 0.6) is 5.88 Å². The fraction of sp³-hybridized carbons (Fsp3) is 0.538. The molecule has 21 heavy (non-hydrogen) atoms. The summed E-state index contributed by atoms with van der Waals surface area (Å²) < 4.78 is 39.1. The minimum atomic E-state index is -4.52. The van der Waals surface area contributed by atoms with Crippen LogP contribution in [0.2, 0.25) is 0 Å². The highest BCUT2D eigenvalue weighted by Gasteiger charge is 2.26. The Hall–Kier alpha value is -1.88. The molecule has 0 atom stereocenters. The van der Waals surface area contributed by atoms with Crippen molar-refractivity contribution in [2.45, 2.75) is 12.8 Å². The minimum Gasteiger partial charge on any atom is -0.480 e. The molecule has 1 aromatic heterocycles. The van der Waals surface area contributed by atoms with E-state index in [1.165, 1.54) is 13.3 Å². The third kappa shape index (κ3) is 4.56. The Morgan fingerprint density at radius 2 is 2.29 bits per heavy atom. The lowest BCUT2D eigenvalue weighted by Gasteiger charge is -2.24. The largest absolute Gasteiger partial charge is 0.480 e. The van der Waals surface area contributed by atoms with Crippen LogP contribution in [0.25, 0.3) is 0 Å². The summed E-state index contributed by atoms with van der Waals surface area (Å²) in [6, 6.07) is 3.56. The van der Waals surface area contributed by atoms with E-state index in [1.807, 2.05) is 6.07 Å². The number of rotatable bonds is 7. The highest BCUT2D eigenvalue weighted by Crippen LogP contribution is 2.32. The van der Waals surface area contributed by atoms with Crippen LogP contribution in [0, 0.1) is 17.2 Å². The van der Waals surface area contributed by atoms with E-state index in [4.69, 9.17) is 10.00 Å². The van der Waals surface area contributed by atoms with E-state index in [0.717, 1.165) is 12.8 Å². The normalized spacial score (nSPS) is 14.5. The molecule has 0 spiro atoms. The smallest absolute Gasteiger partial charge is 0.304 e. The minimum absolute atomic E-state index is 0.0359. The van der Waals surface area contributed by atoms with E-state index in [2.05, 4.69) is 4.98 Å². The molecule has 6 nitrogen and oxygen atoms in total. The average molecular weight is 313 g/mol. The summed E-state index contributed by atoms with van der Waals surface area (Å²) in [5, 5.41) is 9.06. The Morgan fingerprint density at radius 3 is 2.81 bits per heavy atom. The lowest BCUT2D eigenvalue weighted by Crippen LogP contribution is -2.30. The Kier molecular flexibility index (Phi) is 4.63. The summed E-state index contributed by atoms with van der Waals surface area (Å²) in [4.78, 5) is 5.78. The van der Waals surface area contributed by atoms with Gasteiger partial charge in [-0.15, -0.1) is 3.89 Å². The number of methoxy groups -OCH3 is 1. The van der Waals surface area contributed by atoms with Gasteiger partial charge in [-0.3, -0.25) is 0 Å². The first-order chi connectivity index (χ1) is 9.93. The first-order valence-corrected chi connectivity index (χ1v) is 8.09. The van der Waals surface area contributed by atoms with Crippen LogP contribution in [0.1, 0.15) is 18.4 Å². The fourth-order valence-electron chi connectivity index (χ4n) is 2.01. The van der Waals surface area contributed by atoms with E-state index in [0.29, 0.717) is 18.2 Å². The monoisotopic (exact) mass is 313 g/mol. The molecule has 2 rings (SSSR count). The summed E-state index contributed by atoms with van der Waals surface area (Å²) in [6.45, 7) is 0.669. The van der Waals surface area contributed by atoms with Crippen LogP contribution in [0.3, 0.4) is 0 Å². The second-order valence-electron chi connectivity index (χ2n) is 4.99. The quantitative estimate of drug-likeness (QED) is 0.709. The van der Waals surface area contributed by atoms with Crippen LogP contribution in [0.4, 0.5) is 9.57 Å². The van der Waals surface area contributed by atoms with E-state index >= 15 is 0 Å². The van der Waals surface area contributed by atoms with Crippen molar-refractivity contribution < 1.29 is 17.0 Å². The van der Waals surface area contributed by atoms with E-state index < -0.39 is 16.0 Å². The van der Waals surface area contributed by atoms with Crippen molar-refractivity contribution >= 4 is 15.9 Å². The Morgan fingerprint density at radius 1 is 1.57 bits per heavy atom. The fourth-order valence-corrected chi connectivity index (χ4v) is 2.45. The predicted octanol–water partition coefficient (Wildman–Crippen LogP) is 1.48. The second kappa shape index (κ2) is 6.26. The number of anilines is 1. The predicted molar refractivity (Wildman–Crippen MR) is 75.3 cm³/mol. The third-order valence-corrected chi connectivity index (χ3v) is 3.97. The molecule has 1 fully saturated rings. The SMILES string of the molecule is COc1ncc(N(CCS(=O)(=O)F)CC2CC2)cc1C#N. The van der Waals surface area contributed by atoms with Crippen molar-refractivity contribution in [3.8, 4) is 11.9 Å². The highest BCUT2D eigenvalue weighted by molar-refractivity contribution is 7.86. The van der Waals surface area contributed by atoms with Crippen molar-refractivity contribution in [3.63, 3.8) is 0 Å². The van der Waals surface area contributed by atoms with Gasteiger partial charge in [0.05, 0.1) is 24.7 Å². The summed E-state index contributed by atoms with van der Waals surface area (Å²) in [5.74, 6) is 0.124. The Balaban J connectivity index is 2.21. The highest BCUT2D eigenvalue weighted by atomic mass is 32.3. The van der Waals surface area contributed by atoms with Crippen LogP contribution in [0.15, 0.2) is 12.3 Å². The van der Waals surface area contributed by atoms with Crippen LogP contribution in [-0.2, 0) is 10.2 Å². The number of pyridine rings is 1. The third-order valence-electron chi connectivity index (χ3n) is 3.30. The maximum Gasteiger partial charge on any atom is 0.304 e. The molecule has 1 heterocycles. The molecular weight excluding hydrogens is 297 g/mol. The van der Waals surface area contributed by atoms with E-state index in [1.54, 1.807) is 11.0 Å². The first kappa shape index (κ1) is 15.5. The number of halogens is 1. The van der Waals surface area contributed by atoms with Crippen molar-refractivity contribution in [1.82, 2.24) is 4.98 Å². The van der Waals surface area contributed by atoms with Gasteiger partial charge in [0.1, 0.15) is 11.6 Å². The molecule has 1 aliphatic rings. The van der Waals surface area contributed by atoms with Gasteiger partial charge < -0.3 is 9.64 Å². The standard InChI is InChI=1S/C13H16FN3O3S/c1-20-13-11(7-15)6-12(8-16-13)17(9-10-2-3-10)4-5-21(14,18)19/h6,8,10H,2-5,9H2,1H3. The van der Waals surface area contributed by atoms with Crippen molar-refractivity contribution in [2.75, 3.05) is 30.9 Å². The topological polar surface area (TPSA) is 83.3 Å². The zero-order chi connectivity index (χ0) is 15.5. The summed E-state index contributed by atoms with van der Waals surface area (Å²) in [6.07, 6.45) is 3.66. The van der Waals surface area contributed by atoms with Crippen molar-refractivity contribution in [1.29, 1.82) is 5.26 Å². The lowest BCUT2D eigenvalue weighted by molar-refractivity contribution is 0.396. The molecule has 0 unspecified atom stereocenters.